The molecule has 1 heterocycles. The number of halogens is 1. The third kappa shape index (κ3) is 4.30. The zero-order chi connectivity index (χ0) is 13.8. The molecular weight excluding hydrogens is 308 g/mol. The Kier molecular flexibility index (Phi) is 4.96. The van der Waals surface area contributed by atoms with Crippen molar-refractivity contribution in [2.24, 2.45) is 0 Å². The molecular formula is C14H19BrN2O2. The molecule has 0 bridgehead atoms. The largest absolute Gasteiger partial charge is 0.376 e. The number of aryl methyl sites for hydroxylation is 1. The molecule has 5 heteroatoms. The van der Waals surface area contributed by atoms with E-state index in [0.717, 1.165) is 28.8 Å². The van der Waals surface area contributed by atoms with Crippen molar-refractivity contribution in [3.05, 3.63) is 28.2 Å². The highest BCUT2D eigenvalue weighted by Gasteiger charge is 2.18. The van der Waals surface area contributed by atoms with E-state index in [1.807, 2.05) is 32.0 Å². The molecule has 19 heavy (non-hydrogen) atoms. The topological polar surface area (TPSA) is 41.6 Å². The van der Waals surface area contributed by atoms with Crippen LogP contribution in [-0.2, 0) is 9.53 Å². The lowest BCUT2D eigenvalue weighted by molar-refractivity contribution is -0.119. The lowest BCUT2D eigenvalue weighted by Crippen LogP contribution is -2.44. The quantitative estimate of drug-likeness (QED) is 0.927. The molecule has 0 spiro atoms. The standard InChI is InChI=1S/C14H19BrN2O2/c1-10-7-12(3-4-13(10)15)16-14(18)9-17-5-6-19-11(2)8-17/h3-4,7,11H,5-6,8-9H2,1-2H3,(H,16,18)/t11-/m0/s1. The molecule has 4 nitrogen and oxygen atoms in total. The van der Waals surface area contributed by atoms with Gasteiger partial charge in [-0.2, -0.15) is 0 Å². The van der Waals surface area contributed by atoms with Gasteiger partial charge in [0.15, 0.2) is 0 Å². The number of rotatable bonds is 3. The molecule has 0 unspecified atom stereocenters. The molecule has 1 fully saturated rings. The predicted molar refractivity (Wildman–Crippen MR) is 79.4 cm³/mol. The molecule has 1 amide bonds. The number of carbonyl (C=O) groups excluding carboxylic acids is 1. The van der Waals surface area contributed by atoms with Crippen molar-refractivity contribution in [2.75, 3.05) is 31.6 Å². The molecule has 0 aliphatic carbocycles. The molecule has 0 aromatic heterocycles. The average Bonchev–Trinajstić information content (AvgIpc) is 2.34. The van der Waals surface area contributed by atoms with E-state index < -0.39 is 0 Å². The second kappa shape index (κ2) is 6.50. The highest BCUT2D eigenvalue weighted by atomic mass is 79.9. The Morgan fingerprint density at radius 2 is 2.37 bits per heavy atom. The summed E-state index contributed by atoms with van der Waals surface area (Å²) in [6, 6.07) is 5.81. The molecule has 1 aromatic carbocycles. The second-order valence-electron chi connectivity index (χ2n) is 4.93. The van der Waals surface area contributed by atoms with Crippen LogP contribution < -0.4 is 5.32 Å². The number of carbonyl (C=O) groups is 1. The lowest BCUT2D eigenvalue weighted by Gasteiger charge is -2.30. The van der Waals surface area contributed by atoms with Crippen LogP contribution in [0.3, 0.4) is 0 Å². The Balaban J connectivity index is 1.88. The van der Waals surface area contributed by atoms with Gasteiger partial charge in [-0.25, -0.2) is 0 Å². The Bertz CT molecular complexity index is 465. The SMILES string of the molecule is Cc1cc(NC(=O)CN2CCO[C@@H](C)C2)ccc1Br. The predicted octanol–water partition coefficient (Wildman–Crippen LogP) is 2.42. The summed E-state index contributed by atoms with van der Waals surface area (Å²) in [5.41, 5.74) is 1.95. The van der Waals surface area contributed by atoms with Crippen LogP contribution >= 0.6 is 15.9 Å². The number of anilines is 1. The Hall–Kier alpha value is -0.910. The number of hydrogen-bond acceptors (Lipinski definition) is 3. The molecule has 1 atom stereocenters. The number of ether oxygens (including phenoxy) is 1. The summed E-state index contributed by atoms with van der Waals surface area (Å²) in [4.78, 5) is 14.1. The highest BCUT2D eigenvalue weighted by molar-refractivity contribution is 9.10. The van der Waals surface area contributed by atoms with Crippen molar-refractivity contribution in [2.45, 2.75) is 20.0 Å². The van der Waals surface area contributed by atoms with Crippen LogP contribution in [0.15, 0.2) is 22.7 Å². The van der Waals surface area contributed by atoms with Crippen LogP contribution in [0.2, 0.25) is 0 Å². The third-order valence-corrected chi connectivity index (χ3v) is 4.02. The maximum Gasteiger partial charge on any atom is 0.238 e. The first-order valence-electron chi connectivity index (χ1n) is 6.44. The van der Waals surface area contributed by atoms with Gasteiger partial charge in [0.05, 0.1) is 19.3 Å². The summed E-state index contributed by atoms with van der Waals surface area (Å²) in [7, 11) is 0. The molecule has 1 saturated heterocycles. The van der Waals surface area contributed by atoms with Gasteiger partial charge < -0.3 is 10.1 Å². The van der Waals surface area contributed by atoms with E-state index in [0.29, 0.717) is 13.2 Å². The van der Waals surface area contributed by atoms with Crippen molar-refractivity contribution in [1.29, 1.82) is 0 Å². The molecule has 1 N–H and O–H groups in total. The van der Waals surface area contributed by atoms with E-state index in [9.17, 15) is 4.79 Å². The zero-order valence-corrected chi connectivity index (χ0v) is 12.9. The summed E-state index contributed by atoms with van der Waals surface area (Å²) in [5, 5.41) is 2.93. The summed E-state index contributed by atoms with van der Waals surface area (Å²) in [5.74, 6) is 0.0239. The number of hydrogen-bond donors (Lipinski definition) is 1. The van der Waals surface area contributed by atoms with Crippen LogP contribution in [0.1, 0.15) is 12.5 Å². The number of morpholine rings is 1. The van der Waals surface area contributed by atoms with Crippen molar-refractivity contribution in [1.82, 2.24) is 4.90 Å². The van der Waals surface area contributed by atoms with Gasteiger partial charge in [-0.15, -0.1) is 0 Å². The number of amides is 1. The number of benzene rings is 1. The average molecular weight is 327 g/mol. The first-order valence-corrected chi connectivity index (χ1v) is 7.24. The monoisotopic (exact) mass is 326 g/mol. The number of nitrogens with zero attached hydrogens (tertiary/aromatic N) is 1. The van der Waals surface area contributed by atoms with Crippen LogP contribution in [-0.4, -0.2) is 43.2 Å². The maximum atomic E-state index is 12.0. The van der Waals surface area contributed by atoms with Gasteiger partial charge in [0.25, 0.3) is 0 Å². The van der Waals surface area contributed by atoms with E-state index in [4.69, 9.17) is 4.74 Å². The van der Waals surface area contributed by atoms with Gasteiger partial charge >= 0.3 is 0 Å². The Labute approximate surface area is 122 Å². The van der Waals surface area contributed by atoms with Crippen molar-refractivity contribution < 1.29 is 9.53 Å². The van der Waals surface area contributed by atoms with E-state index in [-0.39, 0.29) is 12.0 Å². The molecule has 1 aliphatic heterocycles. The van der Waals surface area contributed by atoms with Crippen molar-refractivity contribution >= 4 is 27.5 Å². The number of nitrogens with one attached hydrogen (secondary N) is 1. The molecule has 1 aliphatic rings. The molecule has 1 aromatic rings. The fourth-order valence-electron chi connectivity index (χ4n) is 2.16. The highest BCUT2D eigenvalue weighted by Crippen LogP contribution is 2.20. The zero-order valence-electron chi connectivity index (χ0n) is 11.3. The maximum absolute atomic E-state index is 12.0. The Morgan fingerprint density at radius 1 is 1.58 bits per heavy atom. The fourth-order valence-corrected chi connectivity index (χ4v) is 2.41. The second-order valence-corrected chi connectivity index (χ2v) is 5.78. The van der Waals surface area contributed by atoms with E-state index in [2.05, 4.69) is 26.1 Å². The summed E-state index contributed by atoms with van der Waals surface area (Å²) in [6.07, 6.45) is 0.205. The van der Waals surface area contributed by atoms with E-state index >= 15 is 0 Å². The minimum absolute atomic E-state index is 0.0239. The molecule has 2 rings (SSSR count). The van der Waals surface area contributed by atoms with Gasteiger partial charge in [0.2, 0.25) is 5.91 Å². The normalized spacial score (nSPS) is 20.3. The van der Waals surface area contributed by atoms with Crippen LogP contribution in [0.4, 0.5) is 5.69 Å². The van der Waals surface area contributed by atoms with Gasteiger partial charge in [0.1, 0.15) is 0 Å². The molecule has 0 radical (unpaired) electrons. The minimum atomic E-state index is 0.0239. The van der Waals surface area contributed by atoms with E-state index in [1.54, 1.807) is 0 Å². The van der Waals surface area contributed by atoms with Crippen LogP contribution in [0.25, 0.3) is 0 Å². The summed E-state index contributed by atoms with van der Waals surface area (Å²) < 4.78 is 6.51. The summed E-state index contributed by atoms with van der Waals surface area (Å²) >= 11 is 3.45. The van der Waals surface area contributed by atoms with Gasteiger partial charge in [-0.05, 0) is 37.6 Å². The van der Waals surface area contributed by atoms with Crippen molar-refractivity contribution in [3.8, 4) is 0 Å². The lowest BCUT2D eigenvalue weighted by atomic mass is 10.2. The van der Waals surface area contributed by atoms with Gasteiger partial charge in [-0.1, -0.05) is 15.9 Å². The first-order chi connectivity index (χ1) is 9.04. The molecule has 0 saturated carbocycles. The molecule has 104 valence electrons. The first kappa shape index (κ1) is 14.5. The Morgan fingerprint density at radius 3 is 3.05 bits per heavy atom. The third-order valence-electron chi connectivity index (χ3n) is 3.13. The van der Waals surface area contributed by atoms with Crippen molar-refractivity contribution in [3.63, 3.8) is 0 Å². The minimum Gasteiger partial charge on any atom is -0.376 e. The van der Waals surface area contributed by atoms with Crippen LogP contribution in [0.5, 0.6) is 0 Å². The van der Waals surface area contributed by atoms with E-state index in [1.165, 1.54) is 0 Å². The van der Waals surface area contributed by atoms with Gasteiger partial charge in [-0.3, -0.25) is 9.69 Å². The summed E-state index contributed by atoms with van der Waals surface area (Å²) in [6.45, 7) is 6.78. The van der Waals surface area contributed by atoms with Gasteiger partial charge in [0, 0.05) is 23.2 Å². The smallest absolute Gasteiger partial charge is 0.238 e. The fraction of sp³-hybridized carbons (Fsp3) is 0.500. The van der Waals surface area contributed by atoms with Crippen LogP contribution in [0, 0.1) is 6.92 Å².